The number of nitrogens with two attached hydrogens (primary N) is 1. The number of hydrogen-bond donors (Lipinski definition) is 2. The number of aromatic nitrogens is 1. The second-order valence-electron chi connectivity index (χ2n) is 5.19. The summed E-state index contributed by atoms with van der Waals surface area (Å²) in [6.07, 6.45) is 6.52. The molecule has 0 saturated heterocycles. The second kappa shape index (κ2) is 6.63. The zero-order valence-electron chi connectivity index (χ0n) is 11.4. The number of nitrogens with one attached hydrogen (secondary N) is 1. The van der Waals surface area contributed by atoms with Crippen LogP contribution in [0.2, 0.25) is 0 Å². The third-order valence-electron chi connectivity index (χ3n) is 3.78. The molecule has 1 amide bonds. The first-order chi connectivity index (χ1) is 9.20. The van der Waals surface area contributed by atoms with Crippen molar-refractivity contribution in [2.45, 2.75) is 44.7 Å². The van der Waals surface area contributed by atoms with Crippen molar-refractivity contribution in [2.75, 3.05) is 7.05 Å². The quantitative estimate of drug-likeness (QED) is 0.489. The van der Waals surface area contributed by atoms with Gasteiger partial charge in [0, 0.05) is 12.6 Å². The van der Waals surface area contributed by atoms with E-state index in [9.17, 15) is 4.79 Å². The van der Waals surface area contributed by atoms with Crippen molar-refractivity contribution in [3.8, 4) is 0 Å². The van der Waals surface area contributed by atoms with Gasteiger partial charge >= 0.3 is 0 Å². The molecule has 1 aromatic heterocycles. The molecule has 1 aliphatic carbocycles. The van der Waals surface area contributed by atoms with Gasteiger partial charge in [-0.15, -0.1) is 0 Å². The van der Waals surface area contributed by atoms with Crippen molar-refractivity contribution in [2.24, 2.45) is 5.84 Å². The van der Waals surface area contributed by atoms with Gasteiger partial charge < -0.3 is 0 Å². The van der Waals surface area contributed by atoms with Crippen molar-refractivity contribution in [3.63, 3.8) is 0 Å². The van der Waals surface area contributed by atoms with Crippen LogP contribution in [-0.2, 0) is 6.54 Å². The van der Waals surface area contributed by atoms with Gasteiger partial charge in [0.2, 0.25) is 0 Å². The highest BCUT2D eigenvalue weighted by atomic mass is 16.2. The Morgan fingerprint density at radius 3 is 2.84 bits per heavy atom. The Balaban J connectivity index is 1.99. The fourth-order valence-electron chi connectivity index (χ4n) is 2.67. The summed E-state index contributed by atoms with van der Waals surface area (Å²) in [5, 5.41) is 0. The first kappa shape index (κ1) is 14.0. The summed E-state index contributed by atoms with van der Waals surface area (Å²) < 4.78 is 0. The summed E-state index contributed by atoms with van der Waals surface area (Å²) in [4.78, 5) is 18.1. The number of pyridine rings is 1. The number of amides is 1. The van der Waals surface area contributed by atoms with Gasteiger partial charge in [0.1, 0.15) is 5.69 Å². The van der Waals surface area contributed by atoms with Gasteiger partial charge in [-0.25, -0.2) is 10.8 Å². The molecule has 0 radical (unpaired) electrons. The molecule has 0 aliphatic heterocycles. The molecule has 0 bridgehead atoms. The van der Waals surface area contributed by atoms with Gasteiger partial charge in [-0.05, 0) is 32.0 Å². The standard InChI is InChI=1S/C14H22N4O/c1-18(12-7-3-2-4-8-12)10-11-6-5-9-13(16-11)14(19)17-15/h5-6,9,12H,2-4,7-8,10,15H2,1H3,(H,17,19). The predicted octanol–water partition coefficient (Wildman–Crippen LogP) is 1.45. The highest BCUT2D eigenvalue weighted by Gasteiger charge is 2.18. The maximum atomic E-state index is 11.4. The molecule has 104 valence electrons. The van der Waals surface area contributed by atoms with E-state index in [0.717, 1.165) is 12.2 Å². The first-order valence-corrected chi connectivity index (χ1v) is 6.88. The largest absolute Gasteiger partial charge is 0.298 e. The van der Waals surface area contributed by atoms with Gasteiger partial charge in [0.15, 0.2) is 0 Å². The molecule has 1 aromatic rings. The molecule has 1 saturated carbocycles. The van der Waals surface area contributed by atoms with Crippen molar-refractivity contribution in [1.29, 1.82) is 0 Å². The van der Waals surface area contributed by atoms with E-state index in [1.807, 2.05) is 12.1 Å². The fourth-order valence-corrected chi connectivity index (χ4v) is 2.67. The normalized spacial score (nSPS) is 16.6. The molecule has 5 nitrogen and oxygen atoms in total. The molecule has 0 aromatic carbocycles. The molecular weight excluding hydrogens is 240 g/mol. The van der Waals surface area contributed by atoms with E-state index >= 15 is 0 Å². The third-order valence-corrected chi connectivity index (χ3v) is 3.78. The lowest BCUT2D eigenvalue weighted by Gasteiger charge is -2.30. The minimum absolute atomic E-state index is 0.345. The van der Waals surface area contributed by atoms with Crippen molar-refractivity contribution in [1.82, 2.24) is 15.3 Å². The molecule has 0 unspecified atom stereocenters. The van der Waals surface area contributed by atoms with E-state index in [1.165, 1.54) is 32.1 Å². The van der Waals surface area contributed by atoms with Gasteiger partial charge in [-0.1, -0.05) is 25.3 Å². The van der Waals surface area contributed by atoms with Gasteiger partial charge in [0.05, 0.1) is 5.69 Å². The van der Waals surface area contributed by atoms with Crippen LogP contribution in [-0.4, -0.2) is 28.9 Å². The van der Waals surface area contributed by atoms with Crippen molar-refractivity contribution >= 4 is 5.91 Å². The van der Waals surface area contributed by atoms with Crippen LogP contribution < -0.4 is 11.3 Å². The molecule has 3 N–H and O–H groups in total. The molecule has 2 rings (SSSR count). The van der Waals surface area contributed by atoms with Crippen molar-refractivity contribution < 1.29 is 4.79 Å². The van der Waals surface area contributed by atoms with Gasteiger partial charge in [-0.3, -0.25) is 15.1 Å². The lowest BCUT2D eigenvalue weighted by atomic mass is 9.94. The highest BCUT2D eigenvalue weighted by molar-refractivity contribution is 5.91. The molecule has 0 spiro atoms. The molecule has 1 fully saturated rings. The molecular formula is C14H22N4O. The van der Waals surface area contributed by atoms with Crippen LogP contribution in [0.25, 0.3) is 0 Å². The smallest absolute Gasteiger partial charge is 0.283 e. The Labute approximate surface area is 114 Å². The Hall–Kier alpha value is -1.46. The van der Waals surface area contributed by atoms with Crippen molar-refractivity contribution in [3.05, 3.63) is 29.6 Å². The van der Waals surface area contributed by atoms with E-state index in [-0.39, 0.29) is 5.91 Å². The fraction of sp³-hybridized carbons (Fsp3) is 0.571. The number of carbonyl (C=O) groups is 1. The average Bonchev–Trinajstić information content (AvgIpc) is 2.47. The maximum Gasteiger partial charge on any atom is 0.283 e. The summed E-state index contributed by atoms with van der Waals surface area (Å²) in [6.45, 7) is 0.774. The number of nitrogens with zero attached hydrogens (tertiary/aromatic N) is 2. The number of nitrogen functional groups attached to an aromatic ring is 1. The van der Waals surface area contributed by atoms with Crippen LogP contribution in [0, 0.1) is 0 Å². The predicted molar refractivity (Wildman–Crippen MR) is 74.2 cm³/mol. The van der Waals surface area contributed by atoms with Gasteiger partial charge in [0.25, 0.3) is 5.91 Å². The van der Waals surface area contributed by atoms with E-state index in [1.54, 1.807) is 6.07 Å². The van der Waals surface area contributed by atoms with Gasteiger partial charge in [-0.2, -0.15) is 0 Å². The third kappa shape index (κ3) is 3.75. The second-order valence-corrected chi connectivity index (χ2v) is 5.19. The lowest BCUT2D eigenvalue weighted by molar-refractivity contribution is 0.0948. The summed E-state index contributed by atoms with van der Waals surface area (Å²) >= 11 is 0. The average molecular weight is 262 g/mol. The Bertz CT molecular complexity index is 429. The van der Waals surface area contributed by atoms with E-state index in [4.69, 9.17) is 5.84 Å². The Morgan fingerprint density at radius 2 is 2.16 bits per heavy atom. The maximum absolute atomic E-state index is 11.4. The number of hydrogen-bond acceptors (Lipinski definition) is 4. The van der Waals surface area contributed by atoms with Crippen LogP contribution >= 0.6 is 0 Å². The van der Waals surface area contributed by atoms with E-state index in [0.29, 0.717) is 11.7 Å². The lowest BCUT2D eigenvalue weighted by Crippen LogP contribution is -2.34. The van der Waals surface area contributed by atoms with E-state index < -0.39 is 0 Å². The summed E-state index contributed by atoms with van der Waals surface area (Å²) in [6, 6.07) is 6.11. The van der Waals surface area contributed by atoms with Crippen LogP contribution in [0.1, 0.15) is 48.3 Å². The van der Waals surface area contributed by atoms with E-state index in [2.05, 4.69) is 22.4 Å². The Kier molecular flexibility index (Phi) is 4.87. The zero-order chi connectivity index (χ0) is 13.7. The minimum atomic E-state index is -0.345. The minimum Gasteiger partial charge on any atom is -0.298 e. The van der Waals surface area contributed by atoms with Crippen LogP contribution in [0.15, 0.2) is 18.2 Å². The molecule has 0 atom stereocenters. The first-order valence-electron chi connectivity index (χ1n) is 6.88. The number of rotatable bonds is 4. The van der Waals surface area contributed by atoms with Crippen LogP contribution in [0.5, 0.6) is 0 Å². The van der Waals surface area contributed by atoms with Crippen LogP contribution in [0.4, 0.5) is 0 Å². The van der Waals surface area contributed by atoms with Crippen LogP contribution in [0.3, 0.4) is 0 Å². The molecule has 19 heavy (non-hydrogen) atoms. The zero-order valence-corrected chi connectivity index (χ0v) is 11.4. The topological polar surface area (TPSA) is 71.2 Å². The molecule has 5 heteroatoms. The highest BCUT2D eigenvalue weighted by Crippen LogP contribution is 2.22. The summed E-state index contributed by atoms with van der Waals surface area (Å²) in [5.41, 5.74) is 3.39. The number of hydrazine groups is 1. The summed E-state index contributed by atoms with van der Waals surface area (Å²) in [5.74, 6) is 4.78. The number of carbonyl (C=O) groups excluding carboxylic acids is 1. The SMILES string of the molecule is CN(Cc1cccc(C(=O)NN)n1)C1CCCCC1. The summed E-state index contributed by atoms with van der Waals surface area (Å²) in [7, 11) is 2.13. The molecule has 1 heterocycles. The monoisotopic (exact) mass is 262 g/mol. The molecule has 1 aliphatic rings. The Morgan fingerprint density at radius 1 is 1.42 bits per heavy atom.